The zero-order valence-corrected chi connectivity index (χ0v) is 13.2. The number of carboxylic acids is 1. The highest BCUT2D eigenvalue weighted by Gasteiger charge is 2.20. The summed E-state index contributed by atoms with van der Waals surface area (Å²) < 4.78 is 6.56. The van der Waals surface area contributed by atoms with Crippen LogP contribution in [-0.4, -0.2) is 41.8 Å². The Morgan fingerprint density at radius 3 is 3.00 bits per heavy atom. The summed E-state index contributed by atoms with van der Waals surface area (Å²) in [6.45, 7) is 5.62. The van der Waals surface area contributed by atoms with Gasteiger partial charge in [0.2, 0.25) is 0 Å². The van der Waals surface area contributed by atoms with Crippen molar-refractivity contribution in [2.45, 2.75) is 32.4 Å². The van der Waals surface area contributed by atoms with Crippen molar-refractivity contribution in [3.8, 4) is 0 Å². The minimum absolute atomic E-state index is 0.312. The van der Waals surface area contributed by atoms with Crippen LogP contribution in [0.1, 0.15) is 35.7 Å². The van der Waals surface area contributed by atoms with Crippen molar-refractivity contribution in [3.05, 3.63) is 33.8 Å². The highest BCUT2D eigenvalue weighted by molar-refractivity contribution is 9.10. The summed E-state index contributed by atoms with van der Waals surface area (Å²) in [6, 6.07) is 5.21. The predicted molar refractivity (Wildman–Crippen MR) is 81.0 cm³/mol. The molecule has 1 aliphatic heterocycles. The summed E-state index contributed by atoms with van der Waals surface area (Å²) in [5.74, 6) is -0.897. The third-order valence-corrected chi connectivity index (χ3v) is 4.30. The van der Waals surface area contributed by atoms with E-state index in [0.717, 1.165) is 49.1 Å². The number of ether oxygens (including phenoxy) is 1. The van der Waals surface area contributed by atoms with Crippen molar-refractivity contribution in [2.24, 2.45) is 0 Å². The fourth-order valence-electron chi connectivity index (χ4n) is 2.58. The van der Waals surface area contributed by atoms with Crippen molar-refractivity contribution >= 4 is 21.9 Å². The number of hydrogen-bond acceptors (Lipinski definition) is 3. The van der Waals surface area contributed by atoms with Crippen molar-refractivity contribution < 1.29 is 14.6 Å². The largest absolute Gasteiger partial charge is 0.478 e. The van der Waals surface area contributed by atoms with Crippen LogP contribution in [0.3, 0.4) is 0 Å². The molecule has 1 heterocycles. The second-order valence-corrected chi connectivity index (χ2v) is 5.92. The standard InChI is InChI=1S/C15H20BrNO3/c1-2-20-13-4-3-7-17(10-13)9-12-6-5-11(15(18)19)8-14(12)16/h5-6,8,13H,2-4,7,9-10H2,1H3,(H,18,19). The maximum absolute atomic E-state index is 10.9. The molecule has 1 unspecified atom stereocenters. The maximum Gasteiger partial charge on any atom is 0.335 e. The number of halogens is 1. The van der Waals surface area contributed by atoms with Gasteiger partial charge in [0.25, 0.3) is 0 Å². The Hall–Kier alpha value is -0.910. The molecule has 4 nitrogen and oxygen atoms in total. The van der Waals surface area contributed by atoms with E-state index in [-0.39, 0.29) is 0 Å². The van der Waals surface area contributed by atoms with Gasteiger partial charge in [0.1, 0.15) is 0 Å². The number of aromatic carboxylic acids is 1. The first-order valence-corrected chi connectivity index (χ1v) is 7.75. The zero-order valence-electron chi connectivity index (χ0n) is 11.6. The quantitative estimate of drug-likeness (QED) is 0.893. The molecule has 1 N–H and O–H groups in total. The minimum atomic E-state index is -0.897. The molecular weight excluding hydrogens is 322 g/mol. The van der Waals surface area contributed by atoms with Crippen LogP contribution in [0.2, 0.25) is 0 Å². The Morgan fingerprint density at radius 1 is 1.55 bits per heavy atom. The first kappa shape index (κ1) is 15.5. The molecule has 5 heteroatoms. The van der Waals surface area contributed by atoms with E-state index >= 15 is 0 Å². The third-order valence-electron chi connectivity index (χ3n) is 3.56. The highest BCUT2D eigenvalue weighted by atomic mass is 79.9. The molecule has 0 saturated carbocycles. The fraction of sp³-hybridized carbons (Fsp3) is 0.533. The smallest absolute Gasteiger partial charge is 0.335 e. The van der Waals surface area contributed by atoms with Crippen LogP contribution in [0, 0.1) is 0 Å². The number of nitrogens with zero attached hydrogens (tertiary/aromatic N) is 1. The molecule has 1 aromatic carbocycles. The van der Waals surface area contributed by atoms with E-state index in [0.29, 0.717) is 11.7 Å². The van der Waals surface area contributed by atoms with Gasteiger partial charge in [-0.05, 0) is 44.0 Å². The van der Waals surface area contributed by atoms with Gasteiger partial charge in [0, 0.05) is 24.2 Å². The lowest BCUT2D eigenvalue weighted by Crippen LogP contribution is -2.39. The first-order chi connectivity index (χ1) is 9.60. The monoisotopic (exact) mass is 341 g/mol. The molecule has 0 amide bonds. The van der Waals surface area contributed by atoms with E-state index in [1.807, 2.05) is 13.0 Å². The van der Waals surface area contributed by atoms with Gasteiger partial charge in [-0.15, -0.1) is 0 Å². The van der Waals surface area contributed by atoms with Crippen LogP contribution >= 0.6 is 15.9 Å². The molecule has 0 spiro atoms. The van der Waals surface area contributed by atoms with E-state index in [1.54, 1.807) is 12.1 Å². The van der Waals surface area contributed by atoms with Crippen LogP contribution in [0.25, 0.3) is 0 Å². The zero-order chi connectivity index (χ0) is 14.5. The number of likely N-dealkylation sites (tertiary alicyclic amines) is 1. The van der Waals surface area contributed by atoms with Crippen LogP contribution in [-0.2, 0) is 11.3 Å². The van der Waals surface area contributed by atoms with Gasteiger partial charge in [-0.1, -0.05) is 22.0 Å². The Balaban J connectivity index is 2.00. The van der Waals surface area contributed by atoms with Gasteiger partial charge < -0.3 is 9.84 Å². The topological polar surface area (TPSA) is 49.8 Å². The Kier molecular flexibility index (Phi) is 5.57. The van der Waals surface area contributed by atoms with E-state index in [4.69, 9.17) is 9.84 Å². The molecule has 0 radical (unpaired) electrons. The summed E-state index contributed by atoms with van der Waals surface area (Å²) in [5, 5.41) is 8.97. The SMILES string of the molecule is CCOC1CCCN(Cc2ccc(C(=O)O)cc2Br)C1. The van der Waals surface area contributed by atoms with Crippen molar-refractivity contribution in [1.29, 1.82) is 0 Å². The normalized spacial score (nSPS) is 20.0. The van der Waals surface area contributed by atoms with Crippen LogP contribution in [0.15, 0.2) is 22.7 Å². The molecule has 0 bridgehead atoms. The number of rotatable bonds is 5. The molecule has 0 aliphatic carbocycles. The molecule has 1 saturated heterocycles. The number of carboxylic acid groups (broad SMARTS) is 1. The average molecular weight is 342 g/mol. The lowest BCUT2D eigenvalue weighted by molar-refractivity contribution is 0.00358. The molecule has 0 aromatic heterocycles. The maximum atomic E-state index is 10.9. The molecule has 1 atom stereocenters. The van der Waals surface area contributed by atoms with E-state index in [9.17, 15) is 4.79 Å². The van der Waals surface area contributed by atoms with Gasteiger partial charge in [0.15, 0.2) is 0 Å². The Labute approximate surface area is 127 Å². The van der Waals surface area contributed by atoms with E-state index in [1.165, 1.54) is 0 Å². The summed E-state index contributed by atoms with van der Waals surface area (Å²) in [5.41, 5.74) is 1.43. The van der Waals surface area contributed by atoms with Crippen molar-refractivity contribution in [2.75, 3.05) is 19.7 Å². The van der Waals surface area contributed by atoms with Crippen LogP contribution in [0.4, 0.5) is 0 Å². The van der Waals surface area contributed by atoms with Crippen LogP contribution < -0.4 is 0 Å². The molecular formula is C15H20BrNO3. The van der Waals surface area contributed by atoms with E-state index in [2.05, 4.69) is 20.8 Å². The molecule has 110 valence electrons. The van der Waals surface area contributed by atoms with Crippen molar-refractivity contribution in [3.63, 3.8) is 0 Å². The summed E-state index contributed by atoms with van der Waals surface area (Å²) in [4.78, 5) is 13.3. The molecule has 1 fully saturated rings. The molecule has 1 aliphatic rings. The second-order valence-electron chi connectivity index (χ2n) is 5.07. The summed E-state index contributed by atoms with van der Waals surface area (Å²) in [7, 11) is 0. The fourth-order valence-corrected chi connectivity index (χ4v) is 3.08. The van der Waals surface area contributed by atoms with Gasteiger partial charge in [-0.25, -0.2) is 4.79 Å². The van der Waals surface area contributed by atoms with Gasteiger partial charge in [0.05, 0.1) is 11.7 Å². The van der Waals surface area contributed by atoms with Crippen molar-refractivity contribution in [1.82, 2.24) is 4.90 Å². The summed E-state index contributed by atoms with van der Waals surface area (Å²) >= 11 is 3.47. The lowest BCUT2D eigenvalue weighted by atomic mass is 10.1. The third kappa shape index (κ3) is 4.04. The predicted octanol–water partition coefficient (Wildman–Crippen LogP) is 3.15. The number of hydrogen-bond donors (Lipinski definition) is 1. The Morgan fingerprint density at radius 2 is 2.35 bits per heavy atom. The number of carbonyl (C=O) groups is 1. The van der Waals surface area contributed by atoms with Gasteiger partial charge in [-0.3, -0.25) is 4.90 Å². The molecule has 20 heavy (non-hydrogen) atoms. The van der Waals surface area contributed by atoms with Crippen LogP contribution in [0.5, 0.6) is 0 Å². The lowest BCUT2D eigenvalue weighted by Gasteiger charge is -2.32. The van der Waals surface area contributed by atoms with Gasteiger partial charge >= 0.3 is 5.97 Å². The highest BCUT2D eigenvalue weighted by Crippen LogP contribution is 2.22. The minimum Gasteiger partial charge on any atom is -0.478 e. The van der Waals surface area contributed by atoms with E-state index < -0.39 is 5.97 Å². The average Bonchev–Trinajstić information content (AvgIpc) is 2.42. The first-order valence-electron chi connectivity index (χ1n) is 6.95. The molecule has 1 aromatic rings. The molecule has 2 rings (SSSR count). The Bertz CT molecular complexity index is 476. The van der Waals surface area contributed by atoms with Gasteiger partial charge in [-0.2, -0.15) is 0 Å². The summed E-state index contributed by atoms with van der Waals surface area (Å²) in [6.07, 6.45) is 2.60. The second kappa shape index (κ2) is 7.20. The number of piperidine rings is 1. The number of benzene rings is 1.